The van der Waals surface area contributed by atoms with Crippen molar-refractivity contribution in [2.24, 2.45) is 0 Å². The van der Waals surface area contributed by atoms with Crippen molar-refractivity contribution in [3.63, 3.8) is 0 Å². The van der Waals surface area contributed by atoms with Crippen LogP contribution >= 0.6 is 11.6 Å². The summed E-state index contributed by atoms with van der Waals surface area (Å²) in [4.78, 5) is 15.2. The van der Waals surface area contributed by atoms with Crippen LogP contribution in [0.4, 0.5) is 10.2 Å². The molecule has 0 spiro atoms. The minimum absolute atomic E-state index is 0.0932. The molecule has 2 rings (SSSR count). The summed E-state index contributed by atoms with van der Waals surface area (Å²) in [5.74, 6) is 5.01. The molecule has 1 heterocycles. The summed E-state index contributed by atoms with van der Waals surface area (Å²) in [5, 5.41) is 12.4. The molecule has 0 bridgehead atoms. The molecule has 2 aromatic rings. The van der Waals surface area contributed by atoms with Gasteiger partial charge in [-0.1, -0.05) is 30.4 Å². The van der Waals surface area contributed by atoms with Gasteiger partial charge >= 0.3 is 0 Å². The number of nitrogens with two attached hydrogens (primary N) is 1. The molecule has 0 radical (unpaired) electrons. The molecule has 6 nitrogen and oxygen atoms in total. The maximum absolute atomic E-state index is 13.7. The number of benzene rings is 1. The molecule has 142 valence electrons. The minimum atomic E-state index is -0.788. The standard InChI is InChI=1S/C19H19ClFN3O3/c1-3-16(26)23-8-4-5-12-9-15(19(22)24-10-12)27-11(2)17-14(25)7-6-13(21)18(17)20/h6-7,9-11,25H,3,8H2,1-2H3,(H2,22,24)(H,23,26). The van der Waals surface area contributed by atoms with E-state index in [0.29, 0.717) is 12.0 Å². The van der Waals surface area contributed by atoms with Crippen molar-refractivity contribution >= 4 is 23.3 Å². The van der Waals surface area contributed by atoms with Crippen LogP contribution in [0.5, 0.6) is 11.5 Å². The quantitative estimate of drug-likeness (QED) is 0.680. The van der Waals surface area contributed by atoms with Gasteiger partial charge in [0.2, 0.25) is 5.91 Å². The average Bonchev–Trinajstić information content (AvgIpc) is 2.64. The summed E-state index contributed by atoms with van der Waals surface area (Å²) >= 11 is 5.93. The molecule has 27 heavy (non-hydrogen) atoms. The summed E-state index contributed by atoms with van der Waals surface area (Å²) in [5.41, 5.74) is 6.45. The lowest BCUT2D eigenvalue weighted by Crippen LogP contribution is -2.22. The molecular weight excluding hydrogens is 373 g/mol. The number of nitrogens with one attached hydrogen (secondary N) is 1. The van der Waals surface area contributed by atoms with E-state index in [0.717, 1.165) is 6.07 Å². The zero-order valence-corrected chi connectivity index (χ0v) is 15.6. The summed E-state index contributed by atoms with van der Waals surface area (Å²) in [7, 11) is 0. The third kappa shape index (κ3) is 5.25. The van der Waals surface area contributed by atoms with E-state index in [4.69, 9.17) is 22.1 Å². The van der Waals surface area contributed by atoms with Crippen LogP contribution in [0.25, 0.3) is 0 Å². The molecule has 1 atom stereocenters. The van der Waals surface area contributed by atoms with Crippen molar-refractivity contribution in [1.82, 2.24) is 10.3 Å². The Morgan fingerprint density at radius 3 is 2.96 bits per heavy atom. The molecule has 1 aromatic carbocycles. The predicted octanol–water partition coefficient (Wildman–Crippen LogP) is 3.18. The van der Waals surface area contributed by atoms with Crippen molar-refractivity contribution < 1.29 is 19.0 Å². The molecule has 0 saturated heterocycles. The molecule has 0 saturated carbocycles. The second-order valence-electron chi connectivity index (χ2n) is 5.59. The topological polar surface area (TPSA) is 97.5 Å². The van der Waals surface area contributed by atoms with E-state index in [1.165, 1.54) is 12.3 Å². The van der Waals surface area contributed by atoms with Crippen molar-refractivity contribution in [1.29, 1.82) is 0 Å². The van der Waals surface area contributed by atoms with Gasteiger partial charge in [0.1, 0.15) is 17.7 Å². The average molecular weight is 392 g/mol. The Labute approximate surface area is 161 Å². The molecule has 0 fully saturated rings. The fraction of sp³-hybridized carbons (Fsp3) is 0.263. The maximum atomic E-state index is 13.7. The van der Waals surface area contributed by atoms with Crippen molar-refractivity contribution in [3.8, 4) is 23.3 Å². The highest BCUT2D eigenvalue weighted by Gasteiger charge is 2.20. The molecule has 0 aliphatic carbocycles. The van der Waals surface area contributed by atoms with Crippen LogP contribution in [-0.2, 0) is 4.79 Å². The number of hydrogen-bond acceptors (Lipinski definition) is 5. The number of aromatic hydroxyl groups is 1. The Kier molecular flexibility index (Phi) is 6.85. The SMILES string of the molecule is CCC(=O)NCC#Cc1cnc(N)c(OC(C)c2c(O)ccc(F)c2Cl)c1. The van der Waals surface area contributed by atoms with Gasteiger partial charge in [0, 0.05) is 24.2 Å². The highest BCUT2D eigenvalue weighted by atomic mass is 35.5. The molecule has 0 aliphatic heterocycles. The second kappa shape index (κ2) is 9.10. The first kappa shape index (κ1) is 20.3. The summed E-state index contributed by atoms with van der Waals surface area (Å²) < 4.78 is 19.4. The van der Waals surface area contributed by atoms with Crippen LogP contribution in [-0.4, -0.2) is 22.5 Å². The van der Waals surface area contributed by atoms with Crippen molar-refractivity contribution in [2.45, 2.75) is 26.4 Å². The number of aromatic nitrogens is 1. The number of amides is 1. The first-order chi connectivity index (χ1) is 12.8. The zero-order valence-electron chi connectivity index (χ0n) is 14.8. The third-order valence-corrected chi connectivity index (χ3v) is 4.01. The first-order valence-corrected chi connectivity index (χ1v) is 8.55. The number of anilines is 1. The molecule has 0 aliphatic rings. The highest BCUT2D eigenvalue weighted by Crippen LogP contribution is 2.36. The monoisotopic (exact) mass is 391 g/mol. The molecule has 4 N–H and O–H groups in total. The van der Waals surface area contributed by atoms with E-state index >= 15 is 0 Å². The van der Waals surface area contributed by atoms with Crippen LogP contribution < -0.4 is 15.8 Å². The van der Waals surface area contributed by atoms with E-state index in [1.807, 2.05) is 0 Å². The lowest BCUT2D eigenvalue weighted by atomic mass is 10.1. The Balaban J connectivity index is 2.19. The number of nitrogens with zero attached hydrogens (tertiary/aromatic N) is 1. The van der Waals surface area contributed by atoms with E-state index in [1.54, 1.807) is 19.9 Å². The van der Waals surface area contributed by atoms with Crippen molar-refractivity contribution in [3.05, 3.63) is 46.4 Å². The lowest BCUT2D eigenvalue weighted by molar-refractivity contribution is -0.120. The predicted molar refractivity (Wildman–Crippen MR) is 101 cm³/mol. The van der Waals surface area contributed by atoms with Crippen LogP contribution in [0.3, 0.4) is 0 Å². The Morgan fingerprint density at radius 1 is 1.52 bits per heavy atom. The number of nitrogen functional groups attached to an aromatic ring is 1. The van der Waals surface area contributed by atoms with Gasteiger partial charge in [0.05, 0.1) is 17.1 Å². The smallest absolute Gasteiger partial charge is 0.220 e. The van der Waals surface area contributed by atoms with E-state index in [-0.39, 0.29) is 40.4 Å². The number of carbonyl (C=O) groups excluding carboxylic acids is 1. The molecule has 8 heteroatoms. The number of halogens is 2. The highest BCUT2D eigenvalue weighted by molar-refractivity contribution is 6.31. The number of rotatable bonds is 5. The van der Waals surface area contributed by atoms with Crippen LogP contribution in [0.2, 0.25) is 5.02 Å². The van der Waals surface area contributed by atoms with Crippen LogP contribution in [0.15, 0.2) is 24.4 Å². The largest absolute Gasteiger partial charge is 0.507 e. The van der Waals surface area contributed by atoms with Gasteiger partial charge in [-0.15, -0.1) is 0 Å². The van der Waals surface area contributed by atoms with Gasteiger partial charge in [-0.25, -0.2) is 9.37 Å². The number of hydrogen-bond donors (Lipinski definition) is 3. The van der Waals surface area contributed by atoms with Gasteiger partial charge in [0.15, 0.2) is 11.6 Å². The summed E-state index contributed by atoms with van der Waals surface area (Å²) in [6.07, 6.45) is 1.06. The van der Waals surface area contributed by atoms with Crippen LogP contribution in [0, 0.1) is 17.7 Å². The van der Waals surface area contributed by atoms with Crippen LogP contribution in [0.1, 0.15) is 37.5 Å². The number of pyridine rings is 1. The van der Waals surface area contributed by atoms with Gasteiger partial charge in [0.25, 0.3) is 0 Å². The molecular formula is C19H19ClFN3O3. The van der Waals surface area contributed by atoms with E-state index in [2.05, 4.69) is 22.1 Å². The number of phenolic OH excluding ortho intramolecular Hbond substituents is 1. The fourth-order valence-corrected chi connectivity index (χ4v) is 2.54. The number of ether oxygens (including phenoxy) is 1. The zero-order chi connectivity index (χ0) is 20.0. The normalized spacial score (nSPS) is 11.3. The lowest BCUT2D eigenvalue weighted by Gasteiger charge is -2.18. The maximum Gasteiger partial charge on any atom is 0.220 e. The Hall–Kier alpha value is -2.98. The first-order valence-electron chi connectivity index (χ1n) is 8.18. The van der Waals surface area contributed by atoms with Crippen molar-refractivity contribution in [2.75, 3.05) is 12.3 Å². The van der Waals surface area contributed by atoms with Gasteiger partial charge in [-0.05, 0) is 19.1 Å². The second-order valence-corrected chi connectivity index (χ2v) is 5.97. The molecule has 1 unspecified atom stereocenters. The van der Waals surface area contributed by atoms with Gasteiger partial charge in [-0.3, -0.25) is 4.79 Å². The van der Waals surface area contributed by atoms with Gasteiger partial charge in [-0.2, -0.15) is 0 Å². The Bertz CT molecular complexity index is 909. The fourth-order valence-electron chi connectivity index (χ4n) is 2.22. The minimum Gasteiger partial charge on any atom is -0.507 e. The number of carbonyl (C=O) groups is 1. The van der Waals surface area contributed by atoms with E-state index in [9.17, 15) is 14.3 Å². The Morgan fingerprint density at radius 2 is 2.26 bits per heavy atom. The number of phenols is 1. The third-order valence-electron chi connectivity index (χ3n) is 3.63. The van der Waals surface area contributed by atoms with Gasteiger partial charge < -0.3 is 20.9 Å². The molecule has 1 amide bonds. The van der Waals surface area contributed by atoms with E-state index < -0.39 is 11.9 Å². The molecule has 1 aromatic heterocycles. The summed E-state index contributed by atoms with van der Waals surface area (Å²) in [6.45, 7) is 3.55. The summed E-state index contributed by atoms with van der Waals surface area (Å²) in [6, 6.07) is 3.83.